The van der Waals surface area contributed by atoms with Crippen molar-refractivity contribution in [2.45, 2.75) is 31.8 Å². The smallest absolute Gasteiger partial charge is 0.0388 e. The lowest BCUT2D eigenvalue weighted by molar-refractivity contribution is 0.383. The van der Waals surface area contributed by atoms with Gasteiger partial charge in [-0.05, 0) is 43.3 Å². The summed E-state index contributed by atoms with van der Waals surface area (Å²) < 4.78 is 0. The van der Waals surface area contributed by atoms with Gasteiger partial charge in [0.2, 0.25) is 0 Å². The van der Waals surface area contributed by atoms with Gasteiger partial charge in [-0.15, -0.1) is 11.3 Å². The van der Waals surface area contributed by atoms with Gasteiger partial charge in [-0.25, -0.2) is 0 Å². The molecule has 1 fully saturated rings. The standard InChI is InChI=1S/C17H22N2S/c1-14(17-8-5-13-20-17)18-15-9-11-19(12-10-15)16-6-3-2-4-7-16/h2-8,13-15,18H,9-12H2,1H3/t14-/m0/s1. The van der Waals surface area contributed by atoms with Crippen LogP contribution in [0.1, 0.15) is 30.7 Å². The van der Waals surface area contributed by atoms with Crippen LogP contribution in [-0.4, -0.2) is 19.1 Å². The minimum absolute atomic E-state index is 0.475. The molecule has 20 heavy (non-hydrogen) atoms. The van der Waals surface area contributed by atoms with Crippen LogP contribution in [0, 0.1) is 0 Å². The second-order valence-corrected chi connectivity index (χ2v) is 6.48. The molecule has 0 unspecified atom stereocenters. The number of anilines is 1. The molecule has 1 aromatic carbocycles. The van der Waals surface area contributed by atoms with Crippen molar-refractivity contribution in [2.24, 2.45) is 0 Å². The fourth-order valence-electron chi connectivity index (χ4n) is 2.92. The molecule has 0 bridgehead atoms. The maximum Gasteiger partial charge on any atom is 0.0388 e. The highest BCUT2D eigenvalue weighted by molar-refractivity contribution is 7.10. The Morgan fingerprint density at radius 2 is 1.85 bits per heavy atom. The first-order valence-corrected chi connectivity index (χ1v) is 8.30. The molecule has 2 nitrogen and oxygen atoms in total. The van der Waals surface area contributed by atoms with Gasteiger partial charge in [0, 0.05) is 35.7 Å². The first-order chi connectivity index (χ1) is 9.83. The Morgan fingerprint density at radius 3 is 2.50 bits per heavy atom. The van der Waals surface area contributed by atoms with Gasteiger partial charge in [0.05, 0.1) is 0 Å². The number of benzene rings is 1. The normalized spacial score (nSPS) is 18.1. The third-order valence-electron chi connectivity index (χ3n) is 4.07. The number of rotatable bonds is 4. The Kier molecular flexibility index (Phi) is 4.38. The maximum absolute atomic E-state index is 3.78. The number of hydrogen-bond acceptors (Lipinski definition) is 3. The third-order valence-corrected chi connectivity index (χ3v) is 5.13. The van der Waals surface area contributed by atoms with Crippen LogP contribution in [0.4, 0.5) is 5.69 Å². The van der Waals surface area contributed by atoms with Crippen LogP contribution >= 0.6 is 11.3 Å². The lowest BCUT2D eigenvalue weighted by atomic mass is 10.0. The molecule has 2 heterocycles. The second-order valence-electron chi connectivity index (χ2n) is 5.50. The molecular weight excluding hydrogens is 264 g/mol. The Bertz CT molecular complexity index is 501. The summed E-state index contributed by atoms with van der Waals surface area (Å²) in [5, 5.41) is 5.94. The third kappa shape index (κ3) is 3.22. The molecular formula is C17H22N2S. The molecule has 3 rings (SSSR count). The topological polar surface area (TPSA) is 15.3 Å². The van der Waals surface area contributed by atoms with E-state index in [1.807, 2.05) is 11.3 Å². The molecule has 1 aliphatic rings. The van der Waals surface area contributed by atoms with E-state index >= 15 is 0 Å². The molecule has 0 radical (unpaired) electrons. The van der Waals surface area contributed by atoms with Gasteiger partial charge in [0.15, 0.2) is 0 Å². The summed E-state index contributed by atoms with van der Waals surface area (Å²) in [6.45, 7) is 4.58. The summed E-state index contributed by atoms with van der Waals surface area (Å²) >= 11 is 1.84. The van der Waals surface area contributed by atoms with E-state index in [2.05, 4.69) is 65.0 Å². The summed E-state index contributed by atoms with van der Waals surface area (Å²) in [7, 11) is 0. The zero-order valence-electron chi connectivity index (χ0n) is 12.0. The van der Waals surface area contributed by atoms with Crippen LogP contribution < -0.4 is 10.2 Å². The number of nitrogens with one attached hydrogen (secondary N) is 1. The molecule has 1 aromatic heterocycles. The molecule has 0 saturated carbocycles. The Labute approximate surface area is 125 Å². The van der Waals surface area contributed by atoms with Gasteiger partial charge >= 0.3 is 0 Å². The molecule has 1 saturated heterocycles. The number of piperidine rings is 1. The summed E-state index contributed by atoms with van der Waals surface area (Å²) in [6, 6.07) is 16.2. The van der Waals surface area contributed by atoms with E-state index < -0.39 is 0 Å². The summed E-state index contributed by atoms with van der Waals surface area (Å²) in [6.07, 6.45) is 2.45. The van der Waals surface area contributed by atoms with E-state index in [1.165, 1.54) is 23.4 Å². The zero-order valence-corrected chi connectivity index (χ0v) is 12.8. The van der Waals surface area contributed by atoms with Crippen LogP contribution in [0.25, 0.3) is 0 Å². The highest BCUT2D eigenvalue weighted by Gasteiger charge is 2.21. The van der Waals surface area contributed by atoms with Crippen molar-refractivity contribution in [1.82, 2.24) is 5.32 Å². The monoisotopic (exact) mass is 286 g/mol. The van der Waals surface area contributed by atoms with Crippen molar-refractivity contribution in [1.29, 1.82) is 0 Å². The maximum atomic E-state index is 3.78. The number of nitrogens with zero attached hydrogens (tertiary/aromatic N) is 1. The predicted octanol–water partition coefficient (Wildman–Crippen LogP) is 4.07. The van der Waals surface area contributed by atoms with E-state index in [0.717, 1.165) is 13.1 Å². The van der Waals surface area contributed by atoms with Gasteiger partial charge in [-0.2, -0.15) is 0 Å². The van der Waals surface area contributed by atoms with Gasteiger partial charge in [0.1, 0.15) is 0 Å². The molecule has 0 spiro atoms. The Morgan fingerprint density at radius 1 is 1.10 bits per heavy atom. The molecule has 106 valence electrons. The van der Waals surface area contributed by atoms with Crippen molar-refractivity contribution < 1.29 is 0 Å². The van der Waals surface area contributed by atoms with E-state index in [1.54, 1.807) is 0 Å². The minimum atomic E-state index is 0.475. The van der Waals surface area contributed by atoms with Crippen LogP contribution in [-0.2, 0) is 0 Å². The van der Waals surface area contributed by atoms with Crippen molar-refractivity contribution in [3.63, 3.8) is 0 Å². The number of thiophene rings is 1. The second kappa shape index (κ2) is 6.42. The average molecular weight is 286 g/mol. The van der Waals surface area contributed by atoms with Crippen molar-refractivity contribution in [2.75, 3.05) is 18.0 Å². The van der Waals surface area contributed by atoms with Gasteiger partial charge < -0.3 is 10.2 Å². The summed E-state index contributed by atoms with van der Waals surface area (Å²) in [5.74, 6) is 0. The number of hydrogen-bond donors (Lipinski definition) is 1. The SMILES string of the molecule is C[C@H](NC1CCN(c2ccccc2)CC1)c1cccs1. The quantitative estimate of drug-likeness (QED) is 0.911. The molecule has 1 aliphatic heterocycles. The fourth-order valence-corrected chi connectivity index (χ4v) is 3.66. The molecule has 3 heteroatoms. The van der Waals surface area contributed by atoms with Gasteiger partial charge in [-0.3, -0.25) is 0 Å². The first kappa shape index (κ1) is 13.7. The molecule has 2 aromatic rings. The molecule has 0 aliphatic carbocycles. The lowest BCUT2D eigenvalue weighted by Gasteiger charge is -2.35. The zero-order chi connectivity index (χ0) is 13.8. The Balaban J connectivity index is 1.51. The molecule has 1 atom stereocenters. The molecule has 1 N–H and O–H groups in total. The first-order valence-electron chi connectivity index (χ1n) is 7.42. The van der Waals surface area contributed by atoms with E-state index in [0.29, 0.717) is 12.1 Å². The highest BCUT2D eigenvalue weighted by Crippen LogP contribution is 2.23. The van der Waals surface area contributed by atoms with Gasteiger partial charge in [0.25, 0.3) is 0 Å². The molecule has 0 amide bonds. The van der Waals surface area contributed by atoms with E-state index in [9.17, 15) is 0 Å². The minimum Gasteiger partial charge on any atom is -0.371 e. The van der Waals surface area contributed by atoms with E-state index in [-0.39, 0.29) is 0 Å². The van der Waals surface area contributed by atoms with Crippen LogP contribution in [0.5, 0.6) is 0 Å². The van der Waals surface area contributed by atoms with Gasteiger partial charge in [-0.1, -0.05) is 24.3 Å². The average Bonchev–Trinajstić information content (AvgIpc) is 3.03. The number of para-hydroxylation sites is 1. The van der Waals surface area contributed by atoms with Crippen molar-refractivity contribution in [3.05, 3.63) is 52.7 Å². The fraction of sp³-hybridized carbons (Fsp3) is 0.412. The predicted molar refractivity (Wildman–Crippen MR) is 87.5 cm³/mol. The van der Waals surface area contributed by atoms with Crippen LogP contribution in [0.3, 0.4) is 0 Å². The summed E-state index contributed by atoms with van der Waals surface area (Å²) in [4.78, 5) is 3.93. The van der Waals surface area contributed by atoms with Crippen LogP contribution in [0.15, 0.2) is 47.8 Å². The van der Waals surface area contributed by atoms with Crippen molar-refractivity contribution in [3.8, 4) is 0 Å². The lowest BCUT2D eigenvalue weighted by Crippen LogP contribution is -2.43. The summed E-state index contributed by atoms with van der Waals surface area (Å²) in [5.41, 5.74) is 1.36. The highest BCUT2D eigenvalue weighted by atomic mass is 32.1. The van der Waals surface area contributed by atoms with Crippen LogP contribution in [0.2, 0.25) is 0 Å². The Hall–Kier alpha value is -1.32. The van der Waals surface area contributed by atoms with E-state index in [4.69, 9.17) is 0 Å². The largest absolute Gasteiger partial charge is 0.371 e. The van der Waals surface area contributed by atoms with Crippen molar-refractivity contribution >= 4 is 17.0 Å².